The van der Waals surface area contributed by atoms with Gasteiger partial charge in [-0.15, -0.1) is 0 Å². The van der Waals surface area contributed by atoms with Gasteiger partial charge in [0.25, 0.3) is 5.91 Å². The van der Waals surface area contributed by atoms with Crippen molar-refractivity contribution in [3.63, 3.8) is 0 Å². The maximum Gasteiger partial charge on any atom is 0.262 e. The van der Waals surface area contributed by atoms with Crippen molar-refractivity contribution in [1.82, 2.24) is 9.97 Å². The summed E-state index contributed by atoms with van der Waals surface area (Å²) in [6, 6.07) is 7.20. The van der Waals surface area contributed by atoms with E-state index in [1.807, 2.05) is 12.1 Å². The molecule has 3 aromatic rings. The summed E-state index contributed by atoms with van der Waals surface area (Å²) in [6.45, 7) is 0. The van der Waals surface area contributed by atoms with E-state index in [1.54, 1.807) is 0 Å². The fourth-order valence-corrected chi connectivity index (χ4v) is 3.50. The number of amides is 1. The third kappa shape index (κ3) is 3.40. The molecule has 1 aromatic heterocycles. The van der Waals surface area contributed by atoms with Crippen molar-refractivity contribution in [2.24, 2.45) is 0 Å². The first-order valence-corrected chi connectivity index (χ1v) is 8.80. The summed E-state index contributed by atoms with van der Waals surface area (Å²) in [4.78, 5) is 20.5. The average molecular weight is 386 g/mol. The number of nitrogens with one attached hydrogen (secondary N) is 1. The van der Waals surface area contributed by atoms with E-state index in [2.05, 4.69) is 15.3 Å². The number of hydrogen-bond donors (Lipinski definition) is 1. The van der Waals surface area contributed by atoms with Crippen molar-refractivity contribution in [2.45, 2.75) is 19.3 Å². The Morgan fingerprint density at radius 2 is 1.74 bits per heavy atom. The number of anilines is 1. The number of halogens is 3. The standard InChI is InChI=1S/C20H14ClF2N3O/c21-14-8-12-4-1-3-11(12)7-13(14)17-9-25-18(10-24-17)26-20(27)19-15(22)5-2-6-16(19)23/h2,5-10H,1,3-4H2,(H,25,26,27). The number of aryl methyl sites for hydroxylation is 2. The summed E-state index contributed by atoms with van der Waals surface area (Å²) in [5, 5.41) is 2.94. The number of aromatic nitrogens is 2. The molecule has 1 aliphatic rings. The normalized spacial score (nSPS) is 12.7. The lowest BCUT2D eigenvalue weighted by Gasteiger charge is -2.09. The number of benzene rings is 2. The van der Waals surface area contributed by atoms with Gasteiger partial charge in [0.2, 0.25) is 0 Å². The van der Waals surface area contributed by atoms with E-state index < -0.39 is 23.1 Å². The highest BCUT2D eigenvalue weighted by molar-refractivity contribution is 6.33. The molecule has 0 saturated carbocycles. The third-order valence-corrected chi connectivity index (χ3v) is 4.85. The fraction of sp³-hybridized carbons (Fsp3) is 0.150. The summed E-state index contributed by atoms with van der Waals surface area (Å²) in [5.74, 6) is -2.73. The molecule has 2 aromatic carbocycles. The van der Waals surface area contributed by atoms with Crippen LogP contribution in [0.3, 0.4) is 0 Å². The molecular weight excluding hydrogens is 372 g/mol. The van der Waals surface area contributed by atoms with Crippen LogP contribution < -0.4 is 5.32 Å². The maximum absolute atomic E-state index is 13.7. The molecule has 0 atom stereocenters. The van der Waals surface area contributed by atoms with E-state index in [0.717, 1.165) is 37.0 Å². The maximum atomic E-state index is 13.7. The first-order chi connectivity index (χ1) is 13.0. The summed E-state index contributed by atoms with van der Waals surface area (Å²) in [6.07, 6.45) is 5.94. The van der Waals surface area contributed by atoms with Gasteiger partial charge in [-0.1, -0.05) is 17.7 Å². The summed E-state index contributed by atoms with van der Waals surface area (Å²) < 4.78 is 27.4. The zero-order valence-electron chi connectivity index (χ0n) is 14.1. The molecule has 0 spiro atoms. The van der Waals surface area contributed by atoms with Gasteiger partial charge in [0.1, 0.15) is 17.2 Å². The Balaban J connectivity index is 1.57. The Kier molecular flexibility index (Phi) is 4.58. The van der Waals surface area contributed by atoms with E-state index in [0.29, 0.717) is 10.7 Å². The molecule has 7 heteroatoms. The molecule has 4 nitrogen and oxygen atoms in total. The van der Waals surface area contributed by atoms with E-state index in [9.17, 15) is 13.6 Å². The highest BCUT2D eigenvalue weighted by atomic mass is 35.5. The third-order valence-electron chi connectivity index (χ3n) is 4.54. The molecule has 4 rings (SSSR count). The van der Waals surface area contributed by atoms with Gasteiger partial charge in [0.15, 0.2) is 5.82 Å². The molecule has 0 bridgehead atoms. The largest absolute Gasteiger partial charge is 0.305 e. The van der Waals surface area contributed by atoms with Gasteiger partial charge in [-0.05, 0) is 54.7 Å². The van der Waals surface area contributed by atoms with Crippen LogP contribution in [-0.4, -0.2) is 15.9 Å². The van der Waals surface area contributed by atoms with E-state index in [-0.39, 0.29) is 5.82 Å². The highest BCUT2D eigenvalue weighted by Gasteiger charge is 2.18. The van der Waals surface area contributed by atoms with E-state index >= 15 is 0 Å². The lowest BCUT2D eigenvalue weighted by molar-refractivity contribution is 0.101. The molecule has 27 heavy (non-hydrogen) atoms. The number of nitrogens with zero attached hydrogens (tertiary/aromatic N) is 2. The first-order valence-electron chi connectivity index (χ1n) is 8.42. The van der Waals surface area contributed by atoms with Gasteiger partial charge in [-0.2, -0.15) is 0 Å². The van der Waals surface area contributed by atoms with E-state index in [4.69, 9.17) is 11.6 Å². The Hall–Kier alpha value is -2.86. The fourth-order valence-electron chi connectivity index (χ4n) is 3.22. The quantitative estimate of drug-likeness (QED) is 0.703. The Morgan fingerprint density at radius 1 is 1.04 bits per heavy atom. The molecule has 0 radical (unpaired) electrons. The zero-order valence-corrected chi connectivity index (χ0v) is 14.9. The number of hydrogen-bond acceptors (Lipinski definition) is 3. The topological polar surface area (TPSA) is 54.9 Å². The van der Waals surface area contributed by atoms with Crippen LogP contribution >= 0.6 is 11.6 Å². The van der Waals surface area contributed by atoms with Gasteiger partial charge in [0, 0.05) is 5.56 Å². The predicted octanol–water partition coefficient (Wildman–Crippen LogP) is 4.82. The van der Waals surface area contributed by atoms with Crippen molar-refractivity contribution < 1.29 is 13.6 Å². The molecule has 136 valence electrons. The second-order valence-electron chi connectivity index (χ2n) is 6.29. The predicted molar refractivity (Wildman–Crippen MR) is 98.8 cm³/mol. The van der Waals surface area contributed by atoms with Crippen LogP contribution in [0.1, 0.15) is 27.9 Å². The van der Waals surface area contributed by atoms with Gasteiger partial charge < -0.3 is 5.32 Å². The smallest absolute Gasteiger partial charge is 0.262 e. The second kappa shape index (κ2) is 7.04. The van der Waals surface area contributed by atoms with Crippen LogP contribution in [0.5, 0.6) is 0 Å². The number of rotatable bonds is 3. The average Bonchev–Trinajstić information content (AvgIpc) is 3.09. The Morgan fingerprint density at radius 3 is 2.41 bits per heavy atom. The summed E-state index contributed by atoms with van der Waals surface area (Å²) in [7, 11) is 0. The van der Waals surface area contributed by atoms with Crippen LogP contribution in [0.2, 0.25) is 5.02 Å². The highest BCUT2D eigenvalue weighted by Crippen LogP contribution is 2.33. The molecule has 0 aliphatic heterocycles. The van der Waals surface area contributed by atoms with Crippen LogP contribution in [-0.2, 0) is 12.8 Å². The van der Waals surface area contributed by atoms with Crippen molar-refractivity contribution in [2.75, 3.05) is 5.32 Å². The monoisotopic (exact) mass is 385 g/mol. The van der Waals surface area contributed by atoms with Gasteiger partial charge >= 0.3 is 0 Å². The van der Waals surface area contributed by atoms with Crippen molar-refractivity contribution in [3.05, 3.63) is 76.1 Å². The summed E-state index contributed by atoms with van der Waals surface area (Å²) >= 11 is 6.36. The van der Waals surface area contributed by atoms with Gasteiger partial charge in [0.05, 0.1) is 23.1 Å². The summed E-state index contributed by atoms with van der Waals surface area (Å²) in [5.41, 5.74) is 3.17. The van der Waals surface area contributed by atoms with Crippen molar-refractivity contribution in [3.8, 4) is 11.3 Å². The molecule has 1 aliphatic carbocycles. The molecule has 0 saturated heterocycles. The number of fused-ring (bicyclic) bond motifs is 1. The first kappa shape index (κ1) is 17.5. The molecule has 1 N–H and O–H groups in total. The minimum atomic E-state index is -0.943. The number of carbonyl (C=O) groups is 1. The van der Waals surface area contributed by atoms with Gasteiger partial charge in [-0.25, -0.2) is 13.8 Å². The molecule has 0 fully saturated rings. The molecule has 1 amide bonds. The van der Waals surface area contributed by atoms with Gasteiger partial charge in [-0.3, -0.25) is 9.78 Å². The van der Waals surface area contributed by atoms with Crippen LogP contribution in [0, 0.1) is 11.6 Å². The minimum Gasteiger partial charge on any atom is -0.305 e. The molecule has 1 heterocycles. The molecule has 0 unspecified atom stereocenters. The lowest BCUT2D eigenvalue weighted by Crippen LogP contribution is -2.16. The van der Waals surface area contributed by atoms with Crippen LogP contribution in [0.25, 0.3) is 11.3 Å². The minimum absolute atomic E-state index is 0.0867. The lowest BCUT2D eigenvalue weighted by atomic mass is 10.0. The van der Waals surface area contributed by atoms with Crippen LogP contribution in [0.15, 0.2) is 42.7 Å². The molecular formula is C20H14ClF2N3O. The van der Waals surface area contributed by atoms with E-state index in [1.165, 1.54) is 29.6 Å². The number of carbonyl (C=O) groups excluding carboxylic acids is 1. The van der Waals surface area contributed by atoms with Crippen molar-refractivity contribution in [1.29, 1.82) is 0 Å². The zero-order chi connectivity index (χ0) is 19.0. The van der Waals surface area contributed by atoms with Crippen molar-refractivity contribution >= 4 is 23.3 Å². The SMILES string of the molecule is O=C(Nc1cnc(-c2cc3c(cc2Cl)CCC3)cn1)c1c(F)cccc1F. The second-order valence-corrected chi connectivity index (χ2v) is 6.70. The Labute approximate surface area is 159 Å². The Bertz CT molecular complexity index is 1020. The van der Waals surface area contributed by atoms with Crippen LogP contribution in [0.4, 0.5) is 14.6 Å².